The van der Waals surface area contributed by atoms with Crippen molar-refractivity contribution in [1.82, 2.24) is 9.62 Å². The molecule has 1 heterocycles. The zero-order chi connectivity index (χ0) is 20.0. The van der Waals surface area contributed by atoms with Crippen LogP contribution in [-0.4, -0.2) is 38.4 Å². The van der Waals surface area contributed by atoms with Crippen molar-refractivity contribution in [2.24, 2.45) is 5.92 Å². The highest BCUT2D eigenvalue weighted by molar-refractivity contribution is 7.89. The van der Waals surface area contributed by atoms with Gasteiger partial charge in [0.05, 0.1) is 4.90 Å². The molecule has 0 radical (unpaired) electrons. The third-order valence-corrected chi connectivity index (χ3v) is 6.81. The first-order valence-corrected chi connectivity index (χ1v) is 10.7. The van der Waals surface area contributed by atoms with E-state index in [9.17, 15) is 17.6 Å². The number of carbonyl (C=O) groups excluding carboxylic acids is 1. The molecule has 2 amide bonds. The molecule has 2 N–H and O–H groups in total. The summed E-state index contributed by atoms with van der Waals surface area (Å²) in [5, 5.41) is 5.60. The lowest BCUT2D eigenvalue weighted by molar-refractivity contribution is 0.245. The first-order valence-electron chi connectivity index (χ1n) is 9.31. The van der Waals surface area contributed by atoms with Crippen LogP contribution in [0, 0.1) is 11.7 Å². The van der Waals surface area contributed by atoms with Crippen molar-refractivity contribution in [2.75, 3.05) is 25.0 Å². The number of para-hydroxylation sites is 1. The van der Waals surface area contributed by atoms with E-state index < -0.39 is 15.8 Å². The fourth-order valence-electron chi connectivity index (χ4n) is 3.28. The molecule has 3 rings (SSSR count). The summed E-state index contributed by atoms with van der Waals surface area (Å²) in [5.74, 6) is -0.0989. The lowest BCUT2D eigenvalue weighted by Gasteiger charge is -2.31. The van der Waals surface area contributed by atoms with Gasteiger partial charge in [-0.1, -0.05) is 18.2 Å². The summed E-state index contributed by atoms with van der Waals surface area (Å²) >= 11 is 0. The van der Waals surface area contributed by atoms with Crippen molar-refractivity contribution in [1.29, 1.82) is 0 Å². The van der Waals surface area contributed by atoms with Crippen LogP contribution in [0.1, 0.15) is 19.3 Å². The number of benzene rings is 2. The number of hydrogen-bond donors (Lipinski definition) is 2. The summed E-state index contributed by atoms with van der Waals surface area (Å²) in [7, 11) is -3.58. The molecule has 150 valence electrons. The number of urea groups is 1. The van der Waals surface area contributed by atoms with E-state index in [2.05, 4.69) is 10.6 Å². The number of nitrogens with one attached hydrogen (secondary N) is 2. The first-order chi connectivity index (χ1) is 13.4. The molecule has 8 heteroatoms. The molecule has 28 heavy (non-hydrogen) atoms. The van der Waals surface area contributed by atoms with Gasteiger partial charge in [0.2, 0.25) is 10.0 Å². The third-order valence-electron chi connectivity index (χ3n) is 4.89. The van der Waals surface area contributed by atoms with Crippen LogP contribution in [0.25, 0.3) is 0 Å². The fraction of sp³-hybridized carbons (Fsp3) is 0.350. The van der Waals surface area contributed by atoms with Gasteiger partial charge in [-0.25, -0.2) is 17.6 Å². The SMILES string of the molecule is O=C(NCCC1CCN(S(=O)(=O)c2ccc(F)cc2)CC1)Nc1ccccc1. The lowest BCUT2D eigenvalue weighted by atomic mass is 9.95. The van der Waals surface area contributed by atoms with Crippen molar-refractivity contribution >= 4 is 21.7 Å². The van der Waals surface area contributed by atoms with Gasteiger partial charge >= 0.3 is 6.03 Å². The van der Waals surface area contributed by atoms with Gasteiger partial charge in [0.25, 0.3) is 0 Å². The minimum absolute atomic E-state index is 0.117. The van der Waals surface area contributed by atoms with Gasteiger partial charge in [-0.3, -0.25) is 0 Å². The molecule has 0 saturated carbocycles. The molecule has 0 bridgehead atoms. The van der Waals surface area contributed by atoms with Gasteiger partial charge in [0.1, 0.15) is 5.82 Å². The third kappa shape index (κ3) is 5.30. The second-order valence-electron chi connectivity index (χ2n) is 6.84. The molecular weight excluding hydrogens is 381 g/mol. The van der Waals surface area contributed by atoms with E-state index in [1.165, 1.54) is 16.4 Å². The zero-order valence-corrected chi connectivity index (χ0v) is 16.3. The van der Waals surface area contributed by atoms with Crippen molar-refractivity contribution in [2.45, 2.75) is 24.2 Å². The van der Waals surface area contributed by atoms with Crippen molar-refractivity contribution in [3.8, 4) is 0 Å². The Hall–Kier alpha value is -2.45. The second kappa shape index (κ2) is 9.16. The fourth-order valence-corrected chi connectivity index (χ4v) is 4.75. The monoisotopic (exact) mass is 405 g/mol. The highest BCUT2D eigenvalue weighted by Crippen LogP contribution is 2.25. The van der Waals surface area contributed by atoms with E-state index in [1.807, 2.05) is 30.3 Å². The molecule has 0 unspecified atom stereocenters. The Morgan fingerprint density at radius 1 is 1.04 bits per heavy atom. The van der Waals surface area contributed by atoms with Crippen LogP contribution in [0.3, 0.4) is 0 Å². The highest BCUT2D eigenvalue weighted by Gasteiger charge is 2.29. The van der Waals surface area contributed by atoms with E-state index in [4.69, 9.17) is 0 Å². The van der Waals surface area contributed by atoms with Crippen LogP contribution < -0.4 is 10.6 Å². The molecule has 0 aromatic heterocycles. The molecule has 0 atom stereocenters. The average molecular weight is 405 g/mol. The Morgan fingerprint density at radius 2 is 1.68 bits per heavy atom. The number of rotatable bonds is 6. The van der Waals surface area contributed by atoms with Gasteiger partial charge < -0.3 is 10.6 Å². The smallest absolute Gasteiger partial charge is 0.319 e. The van der Waals surface area contributed by atoms with Crippen LogP contribution in [0.2, 0.25) is 0 Å². The molecule has 1 aliphatic heterocycles. The molecule has 2 aromatic rings. The van der Waals surface area contributed by atoms with Gasteiger partial charge in [-0.15, -0.1) is 0 Å². The van der Waals surface area contributed by atoms with Crippen LogP contribution >= 0.6 is 0 Å². The molecule has 1 aliphatic rings. The van der Waals surface area contributed by atoms with E-state index >= 15 is 0 Å². The van der Waals surface area contributed by atoms with Crippen LogP contribution in [0.5, 0.6) is 0 Å². The van der Waals surface area contributed by atoms with Crippen LogP contribution in [0.15, 0.2) is 59.5 Å². The topological polar surface area (TPSA) is 78.5 Å². The van der Waals surface area contributed by atoms with Crippen molar-refractivity contribution in [3.63, 3.8) is 0 Å². The lowest BCUT2D eigenvalue weighted by Crippen LogP contribution is -2.39. The summed E-state index contributed by atoms with van der Waals surface area (Å²) in [6.45, 7) is 1.40. The number of sulfonamides is 1. The number of hydrogen-bond acceptors (Lipinski definition) is 3. The number of anilines is 1. The Labute approximate surface area is 164 Å². The number of piperidine rings is 1. The average Bonchev–Trinajstić information content (AvgIpc) is 2.69. The second-order valence-corrected chi connectivity index (χ2v) is 8.77. The maximum atomic E-state index is 13.0. The standard InChI is InChI=1S/C20H24FN3O3S/c21-17-6-8-19(9-7-17)28(26,27)24-14-11-16(12-15-24)10-13-22-20(25)23-18-4-2-1-3-5-18/h1-9,16H,10-15H2,(H2,22,23,25). The summed E-state index contributed by atoms with van der Waals surface area (Å²) in [6.07, 6.45) is 2.28. The minimum atomic E-state index is -3.58. The summed E-state index contributed by atoms with van der Waals surface area (Å²) in [6, 6.07) is 13.9. The van der Waals surface area contributed by atoms with Gasteiger partial charge in [-0.05, 0) is 61.6 Å². The summed E-state index contributed by atoms with van der Waals surface area (Å²) in [5.41, 5.74) is 0.735. The van der Waals surface area contributed by atoms with Crippen LogP contribution in [0.4, 0.5) is 14.9 Å². The van der Waals surface area contributed by atoms with Gasteiger partial charge in [0.15, 0.2) is 0 Å². The van der Waals surface area contributed by atoms with Crippen LogP contribution in [-0.2, 0) is 10.0 Å². The summed E-state index contributed by atoms with van der Waals surface area (Å²) in [4.78, 5) is 12.0. The van der Waals surface area contributed by atoms with E-state index in [-0.39, 0.29) is 10.9 Å². The maximum absolute atomic E-state index is 13.0. The Balaban J connectivity index is 1.41. The predicted octanol–water partition coefficient (Wildman–Crippen LogP) is 3.44. The van der Waals surface area contributed by atoms with Gasteiger partial charge in [-0.2, -0.15) is 4.31 Å². The largest absolute Gasteiger partial charge is 0.338 e. The Kier molecular flexibility index (Phi) is 6.64. The normalized spacial score (nSPS) is 15.9. The van der Waals surface area contributed by atoms with E-state index in [0.29, 0.717) is 25.6 Å². The van der Waals surface area contributed by atoms with E-state index in [0.717, 1.165) is 37.1 Å². The molecule has 0 spiro atoms. The van der Waals surface area contributed by atoms with Crippen molar-refractivity contribution < 1.29 is 17.6 Å². The number of carbonyl (C=O) groups is 1. The minimum Gasteiger partial charge on any atom is -0.338 e. The molecule has 1 saturated heterocycles. The summed E-state index contributed by atoms with van der Waals surface area (Å²) < 4.78 is 39.7. The number of amides is 2. The molecule has 1 fully saturated rings. The molecule has 6 nitrogen and oxygen atoms in total. The maximum Gasteiger partial charge on any atom is 0.319 e. The Bertz CT molecular complexity index is 881. The first kappa shape index (κ1) is 20.3. The Morgan fingerprint density at radius 3 is 2.32 bits per heavy atom. The quantitative estimate of drug-likeness (QED) is 0.773. The number of halogens is 1. The molecular formula is C20H24FN3O3S. The predicted molar refractivity (Wildman–Crippen MR) is 106 cm³/mol. The van der Waals surface area contributed by atoms with E-state index in [1.54, 1.807) is 0 Å². The highest BCUT2D eigenvalue weighted by atomic mass is 32.2. The number of nitrogens with zero attached hydrogens (tertiary/aromatic N) is 1. The van der Waals surface area contributed by atoms with Gasteiger partial charge in [0, 0.05) is 25.3 Å². The molecule has 2 aromatic carbocycles. The zero-order valence-electron chi connectivity index (χ0n) is 15.5. The molecule has 0 aliphatic carbocycles. The van der Waals surface area contributed by atoms with Crippen molar-refractivity contribution in [3.05, 3.63) is 60.4 Å².